The van der Waals surface area contributed by atoms with Gasteiger partial charge in [0.05, 0.1) is 18.8 Å². The number of hydrogen-bond acceptors (Lipinski definition) is 6. The summed E-state index contributed by atoms with van der Waals surface area (Å²) in [5.74, 6) is 0.966. The molecule has 1 aliphatic rings. The Hall–Kier alpha value is -1.48. The molecule has 2 aromatic rings. The minimum absolute atomic E-state index is 0.273. The Morgan fingerprint density at radius 1 is 1.15 bits per heavy atom. The summed E-state index contributed by atoms with van der Waals surface area (Å²) in [4.78, 5) is 2.35. The molecule has 0 radical (unpaired) electrons. The van der Waals surface area contributed by atoms with E-state index in [0.717, 1.165) is 55.9 Å². The number of morpholine rings is 1. The van der Waals surface area contributed by atoms with Gasteiger partial charge in [0.2, 0.25) is 0 Å². The highest BCUT2D eigenvalue weighted by Crippen LogP contribution is 2.26. The third-order valence-electron chi connectivity index (χ3n) is 4.12. The van der Waals surface area contributed by atoms with Crippen LogP contribution in [0.5, 0.6) is 0 Å². The molecule has 0 saturated carbocycles. The SMILES string of the molecule is CC(C)(O)CSc1nnc(-c2ccc(F)cc2)n1CCN1CCOCC1. The van der Waals surface area contributed by atoms with Crippen molar-refractivity contribution in [2.75, 3.05) is 38.6 Å². The van der Waals surface area contributed by atoms with Gasteiger partial charge < -0.3 is 14.4 Å². The molecular weight excluding hydrogens is 355 g/mol. The van der Waals surface area contributed by atoms with E-state index in [0.29, 0.717) is 5.75 Å². The number of halogens is 1. The molecule has 1 N–H and O–H groups in total. The van der Waals surface area contributed by atoms with Crippen LogP contribution in [0.3, 0.4) is 0 Å². The van der Waals surface area contributed by atoms with Crippen LogP contribution in [0.25, 0.3) is 11.4 Å². The maximum absolute atomic E-state index is 13.3. The number of nitrogens with zero attached hydrogens (tertiary/aromatic N) is 4. The van der Waals surface area contributed by atoms with Gasteiger partial charge in [-0.15, -0.1) is 10.2 Å². The fourth-order valence-corrected chi connectivity index (χ4v) is 3.63. The first-order valence-electron chi connectivity index (χ1n) is 8.77. The van der Waals surface area contributed by atoms with Gasteiger partial charge >= 0.3 is 0 Å². The molecule has 0 spiro atoms. The Balaban J connectivity index is 1.80. The standard InChI is InChI=1S/C18H25FN4O2S/c1-18(2,24)13-26-17-21-20-16(14-3-5-15(19)6-4-14)23(17)8-7-22-9-11-25-12-10-22/h3-6,24H,7-13H2,1-2H3. The molecule has 0 bridgehead atoms. The molecular formula is C18H25FN4O2S. The third kappa shape index (κ3) is 5.26. The summed E-state index contributed by atoms with van der Waals surface area (Å²) in [5, 5.41) is 19.4. The molecule has 0 amide bonds. The van der Waals surface area contributed by atoms with Crippen LogP contribution in [0.2, 0.25) is 0 Å². The zero-order valence-electron chi connectivity index (χ0n) is 15.2. The average Bonchev–Trinajstić information content (AvgIpc) is 3.02. The molecule has 1 fully saturated rings. The van der Waals surface area contributed by atoms with Crippen LogP contribution in [0.15, 0.2) is 29.4 Å². The molecule has 0 atom stereocenters. The maximum Gasteiger partial charge on any atom is 0.191 e. The maximum atomic E-state index is 13.3. The van der Waals surface area contributed by atoms with Crippen LogP contribution in [-0.2, 0) is 11.3 Å². The van der Waals surface area contributed by atoms with Gasteiger partial charge in [0.1, 0.15) is 5.82 Å². The highest BCUT2D eigenvalue weighted by molar-refractivity contribution is 7.99. The third-order valence-corrected chi connectivity index (χ3v) is 5.53. The van der Waals surface area contributed by atoms with E-state index in [9.17, 15) is 9.50 Å². The normalized spacial score (nSPS) is 16.2. The molecule has 1 aliphatic heterocycles. The molecule has 6 nitrogen and oxygen atoms in total. The van der Waals surface area contributed by atoms with Crippen molar-refractivity contribution in [3.8, 4) is 11.4 Å². The van der Waals surface area contributed by atoms with E-state index in [-0.39, 0.29) is 5.82 Å². The molecule has 26 heavy (non-hydrogen) atoms. The highest BCUT2D eigenvalue weighted by Gasteiger charge is 2.20. The van der Waals surface area contributed by atoms with E-state index in [1.54, 1.807) is 26.0 Å². The van der Waals surface area contributed by atoms with Gasteiger partial charge in [-0.1, -0.05) is 11.8 Å². The molecule has 1 aromatic heterocycles. The van der Waals surface area contributed by atoms with Gasteiger partial charge in [-0.05, 0) is 38.1 Å². The molecule has 0 unspecified atom stereocenters. The van der Waals surface area contributed by atoms with Gasteiger partial charge in [0.25, 0.3) is 0 Å². The van der Waals surface area contributed by atoms with Crippen molar-refractivity contribution >= 4 is 11.8 Å². The number of thioether (sulfide) groups is 1. The van der Waals surface area contributed by atoms with Gasteiger partial charge in [-0.3, -0.25) is 4.90 Å². The number of benzene rings is 1. The predicted molar refractivity (Wildman–Crippen MR) is 99.7 cm³/mol. The Morgan fingerprint density at radius 3 is 2.50 bits per heavy atom. The fourth-order valence-electron chi connectivity index (χ4n) is 2.72. The lowest BCUT2D eigenvalue weighted by Crippen LogP contribution is -2.38. The zero-order valence-corrected chi connectivity index (χ0v) is 16.0. The van der Waals surface area contributed by atoms with E-state index < -0.39 is 5.60 Å². The minimum atomic E-state index is -0.790. The molecule has 8 heteroatoms. The molecule has 1 aromatic carbocycles. The van der Waals surface area contributed by atoms with Gasteiger partial charge in [0, 0.05) is 37.5 Å². The van der Waals surface area contributed by atoms with Crippen molar-refractivity contribution in [1.82, 2.24) is 19.7 Å². The van der Waals surface area contributed by atoms with E-state index in [1.165, 1.54) is 23.9 Å². The van der Waals surface area contributed by atoms with E-state index >= 15 is 0 Å². The molecule has 2 heterocycles. The summed E-state index contributed by atoms with van der Waals surface area (Å²) in [6.07, 6.45) is 0. The number of rotatable bonds is 7. The number of hydrogen-bond donors (Lipinski definition) is 1. The first kappa shape index (κ1) is 19.3. The van der Waals surface area contributed by atoms with Crippen LogP contribution in [0.1, 0.15) is 13.8 Å². The Morgan fingerprint density at radius 2 is 1.85 bits per heavy atom. The second-order valence-corrected chi connectivity index (χ2v) is 7.96. The zero-order chi connectivity index (χ0) is 18.6. The number of ether oxygens (including phenoxy) is 1. The predicted octanol–water partition coefficient (Wildman–Crippen LogP) is 2.28. The van der Waals surface area contributed by atoms with Crippen molar-refractivity contribution in [2.45, 2.75) is 31.1 Å². The van der Waals surface area contributed by atoms with Crippen LogP contribution in [0, 0.1) is 5.82 Å². The average molecular weight is 380 g/mol. The van der Waals surface area contributed by atoms with Gasteiger partial charge in [-0.25, -0.2) is 4.39 Å². The van der Waals surface area contributed by atoms with E-state index in [1.807, 2.05) is 0 Å². The second kappa shape index (κ2) is 8.47. The first-order chi connectivity index (χ1) is 12.4. The number of aliphatic hydroxyl groups is 1. The monoisotopic (exact) mass is 380 g/mol. The highest BCUT2D eigenvalue weighted by atomic mass is 32.2. The second-order valence-electron chi connectivity index (χ2n) is 7.02. The van der Waals surface area contributed by atoms with Crippen LogP contribution < -0.4 is 0 Å². The first-order valence-corrected chi connectivity index (χ1v) is 9.75. The topological polar surface area (TPSA) is 63.4 Å². The fraction of sp³-hybridized carbons (Fsp3) is 0.556. The lowest BCUT2D eigenvalue weighted by Gasteiger charge is -2.27. The van der Waals surface area contributed by atoms with E-state index in [2.05, 4.69) is 19.7 Å². The Labute approximate surface area is 157 Å². The summed E-state index contributed by atoms with van der Waals surface area (Å²) in [7, 11) is 0. The van der Waals surface area contributed by atoms with Crippen molar-refractivity contribution < 1.29 is 14.2 Å². The van der Waals surface area contributed by atoms with Crippen LogP contribution in [0.4, 0.5) is 4.39 Å². The lowest BCUT2D eigenvalue weighted by atomic mass is 10.2. The lowest BCUT2D eigenvalue weighted by molar-refractivity contribution is 0.0361. The Bertz CT molecular complexity index is 709. The molecule has 1 saturated heterocycles. The summed E-state index contributed by atoms with van der Waals surface area (Å²) < 4.78 is 20.7. The smallest absolute Gasteiger partial charge is 0.191 e. The van der Waals surface area contributed by atoms with Crippen molar-refractivity contribution in [3.05, 3.63) is 30.1 Å². The van der Waals surface area contributed by atoms with Gasteiger partial charge in [0.15, 0.2) is 11.0 Å². The summed E-state index contributed by atoms with van der Waals surface area (Å²) in [6, 6.07) is 6.30. The van der Waals surface area contributed by atoms with E-state index in [4.69, 9.17) is 4.74 Å². The molecule has 3 rings (SSSR count). The minimum Gasteiger partial charge on any atom is -0.390 e. The largest absolute Gasteiger partial charge is 0.390 e. The summed E-state index contributed by atoms with van der Waals surface area (Å²) in [6.45, 7) is 8.49. The molecule has 142 valence electrons. The molecule has 0 aliphatic carbocycles. The van der Waals surface area contributed by atoms with Gasteiger partial charge in [-0.2, -0.15) is 0 Å². The summed E-state index contributed by atoms with van der Waals surface area (Å²) >= 11 is 1.48. The summed E-state index contributed by atoms with van der Waals surface area (Å²) in [5.41, 5.74) is 0.0396. The van der Waals surface area contributed by atoms with Crippen molar-refractivity contribution in [3.63, 3.8) is 0 Å². The Kier molecular flexibility index (Phi) is 6.29. The number of aromatic nitrogens is 3. The quantitative estimate of drug-likeness (QED) is 0.744. The van der Waals surface area contributed by atoms with Crippen LogP contribution >= 0.6 is 11.8 Å². The van der Waals surface area contributed by atoms with Crippen LogP contribution in [-0.4, -0.2) is 69.0 Å². The van der Waals surface area contributed by atoms with Crippen molar-refractivity contribution in [1.29, 1.82) is 0 Å². The van der Waals surface area contributed by atoms with Crippen molar-refractivity contribution in [2.24, 2.45) is 0 Å².